The third-order valence-electron chi connectivity index (χ3n) is 5.77. The van der Waals surface area contributed by atoms with Crippen LogP contribution in [0, 0.1) is 17.8 Å². The van der Waals surface area contributed by atoms with Crippen molar-refractivity contribution >= 4 is 5.91 Å². The maximum atomic E-state index is 12.4. The lowest BCUT2D eigenvalue weighted by Crippen LogP contribution is -2.46. The second kappa shape index (κ2) is 4.59. The minimum absolute atomic E-state index is 0.0732. The van der Waals surface area contributed by atoms with Crippen molar-refractivity contribution in [3.8, 4) is 0 Å². The number of amides is 1. The van der Waals surface area contributed by atoms with Crippen LogP contribution in [0.5, 0.6) is 0 Å². The first-order valence-corrected chi connectivity index (χ1v) is 7.85. The van der Waals surface area contributed by atoms with E-state index in [-0.39, 0.29) is 17.9 Å². The van der Waals surface area contributed by atoms with Gasteiger partial charge in [-0.05, 0) is 48.6 Å². The van der Waals surface area contributed by atoms with E-state index in [9.17, 15) is 4.79 Å². The summed E-state index contributed by atoms with van der Waals surface area (Å²) in [6.45, 7) is 0.774. The maximum absolute atomic E-state index is 12.4. The van der Waals surface area contributed by atoms with Gasteiger partial charge in [-0.25, -0.2) is 0 Å². The number of nitrogens with two attached hydrogens (primary N) is 1. The van der Waals surface area contributed by atoms with E-state index in [1.54, 1.807) is 0 Å². The molecule has 0 aromatic heterocycles. The smallest absolute Gasteiger partial charge is 0.224 e. The number of nitrogens with one attached hydrogen (secondary N) is 1. The molecule has 0 spiro atoms. The number of rotatable bonds is 3. The van der Waals surface area contributed by atoms with E-state index < -0.39 is 0 Å². The molecule has 106 valence electrons. The number of carbonyl (C=O) groups excluding carboxylic acids is 1. The number of fused-ring (bicyclic) bond motifs is 3. The molecule has 3 N–H and O–H groups in total. The van der Waals surface area contributed by atoms with E-state index in [4.69, 9.17) is 5.73 Å². The van der Waals surface area contributed by atoms with Crippen molar-refractivity contribution in [3.05, 3.63) is 35.4 Å². The highest BCUT2D eigenvalue weighted by molar-refractivity contribution is 5.80. The van der Waals surface area contributed by atoms with Gasteiger partial charge in [0.25, 0.3) is 0 Å². The molecule has 0 saturated heterocycles. The molecule has 2 fully saturated rings. The van der Waals surface area contributed by atoms with Crippen LogP contribution in [0.2, 0.25) is 0 Å². The van der Waals surface area contributed by atoms with Gasteiger partial charge in [0.2, 0.25) is 5.91 Å². The van der Waals surface area contributed by atoms with Gasteiger partial charge in [-0.1, -0.05) is 24.3 Å². The molecule has 2 bridgehead atoms. The van der Waals surface area contributed by atoms with Crippen molar-refractivity contribution < 1.29 is 4.79 Å². The highest BCUT2D eigenvalue weighted by Crippen LogP contribution is 2.47. The standard InChI is InChI=1S/C17H22N2O/c18-16-12-6-5-11(8-12)15(16)17(20)19-9-13-7-10-3-1-2-4-14(10)13/h1-4,11-13,15-16H,5-9,18H2,(H,19,20). The molecule has 3 nitrogen and oxygen atoms in total. The van der Waals surface area contributed by atoms with Crippen LogP contribution >= 0.6 is 0 Å². The van der Waals surface area contributed by atoms with Gasteiger partial charge in [0.05, 0.1) is 5.92 Å². The Morgan fingerprint density at radius 1 is 1.25 bits per heavy atom. The maximum Gasteiger partial charge on any atom is 0.224 e. The zero-order chi connectivity index (χ0) is 13.7. The van der Waals surface area contributed by atoms with Gasteiger partial charge in [0.1, 0.15) is 0 Å². The van der Waals surface area contributed by atoms with Crippen LogP contribution in [-0.4, -0.2) is 18.5 Å². The predicted octanol–water partition coefficient (Wildman–Crippen LogP) is 1.82. The molecule has 5 atom stereocenters. The lowest BCUT2D eigenvalue weighted by molar-refractivity contribution is -0.127. The molecule has 1 aromatic rings. The van der Waals surface area contributed by atoms with Crippen LogP contribution in [0.1, 0.15) is 36.3 Å². The Kier molecular flexibility index (Phi) is 2.84. The largest absolute Gasteiger partial charge is 0.355 e. The van der Waals surface area contributed by atoms with Crippen molar-refractivity contribution in [1.82, 2.24) is 5.32 Å². The fourth-order valence-corrected chi connectivity index (χ4v) is 4.61. The van der Waals surface area contributed by atoms with Gasteiger partial charge in [0, 0.05) is 18.5 Å². The van der Waals surface area contributed by atoms with Crippen LogP contribution in [0.3, 0.4) is 0 Å². The van der Waals surface area contributed by atoms with Crippen molar-refractivity contribution in [1.29, 1.82) is 0 Å². The summed E-state index contributed by atoms with van der Waals surface area (Å²) in [5, 5.41) is 3.16. The molecule has 3 aliphatic rings. The van der Waals surface area contributed by atoms with Crippen molar-refractivity contribution in [3.63, 3.8) is 0 Å². The molecule has 3 heteroatoms. The summed E-state index contributed by atoms with van der Waals surface area (Å²) < 4.78 is 0. The molecule has 4 rings (SSSR count). The first kappa shape index (κ1) is 12.4. The zero-order valence-electron chi connectivity index (χ0n) is 11.7. The summed E-state index contributed by atoms with van der Waals surface area (Å²) in [4.78, 5) is 12.4. The molecule has 20 heavy (non-hydrogen) atoms. The van der Waals surface area contributed by atoms with E-state index in [0.717, 1.165) is 13.0 Å². The third kappa shape index (κ3) is 1.80. The molecule has 3 aliphatic carbocycles. The molecule has 0 aliphatic heterocycles. The average Bonchev–Trinajstić information content (AvgIpc) is 3.00. The fraction of sp³-hybridized carbons (Fsp3) is 0.588. The minimum Gasteiger partial charge on any atom is -0.355 e. The molecule has 0 radical (unpaired) electrons. The summed E-state index contributed by atoms with van der Waals surface area (Å²) in [6, 6.07) is 8.63. The molecule has 1 amide bonds. The average molecular weight is 270 g/mol. The van der Waals surface area contributed by atoms with E-state index in [0.29, 0.717) is 17.8 Å². The third-order valence-corrected chi connectivity index (χ3v) is 5.77. The molecular formula is C17H22N2O. The lowest BCUT2D eigenvalue weighted by Gasteiger charge is -2.32. The number of hydrogen-bond donors (Lipinski definition) is 2. The van der Waals surface area contributed by atoms with E-state index in [1.807, 2.05) is 0 Å². The van der Waals surface area contributed by atoms with Crippen LogP contribution < -0.4 is 11.1 Å². The first-order chi connectivity index (χ1) is 9.74. The number of benzene rings is 1. The first-order valence-electron chi connectivity index (χ1n) is 7.85. The SMILES string of the molecule is NC1C2CCC(C2)C1C(=O)NCC1Cc2ccccc21. The monoisotopic (exact) mass is 270 g/mol. The number of carbonyl (C=O) groups is 1. The van der Waals surface area contributed by atoms with Gasteiger partial charge in [0.15, 0.2) is 0 Å². The minimum atomic E-state index is 0.0732. The van der Waals surface area contributed by atoms with Gasteiger partial charge in [-0.15, -0.1) is 0 Å². The summed E-state index contributed by atoms with van der Waals surface area (Å²) in [6.07, 6.45) is 4.69. The normalized spacial score (nSPS) is 37.4. The van der Waals surface area contributed by atoms with Crippen molar-refractivity contribution in [2.75, 3.05) is 6.54 Å². The van der Waals surface area contributed by atoms with E-state index in [1.165, 1.54) is 30.4 Å². The Balaban J connectivity index is 1.36. The summed E-state index contributed by atoms with van der Waals surface area (Å²) in [5.41, 5.74) is 9.07. The highest BCUT2D eigenvalue weighted by atomic mass is 16.1. The Hall–Kier alpha value is -1.35. The molecule has 5 unspecified atom stereocenters. The van der Waals surface area contributed by atoms with Crippen LogP contribution in [0.25, 0.3) is 0 Å². The summed E-state index contributed by atoms with van der Waals surface area (Å²) in [7, 11) is 0. The Labute approximate surface area is 119 Å². The molecule has 1 aromatic carbocycles. The van der Waals surface area contributed by atoms with Crippen LogP contribution in [-0.2, 0) is 11.2 Å². The van der Waals surface area contributed by atoms with Gasteiger partial charge in [-0.2, -0.15) is 0 Å². The van der Waals surface area contributed by atoms with Gasteiger partial charge < -0.3 is 11.1 Å². The van der Waals surface area contributed by atoms with Crippen molar-refractivity contribution in [2.24, 2.45) is 23.5 Å². The molecular weight excluding hydrogens is 248 g/mol. The highest BCUT2D eigenvalue weighted by Gasteiger charge is 2.49. The predicted molar refractivity (Wildman–Crippen MR) is 78.2 cm³/mol. The van der Waals surface area contributed by atoms with Crippen LogP contribution in [0.4, 0.5) is 0 Å². The van der Waals surface area contributed by atoms with Gasteiger partial charge >= 0.3 is 0 Å². The second-order valence-electron chi connectivity index (χ2n) is 6.78. The molecule has 0 heterocycles. The van der Waals surface area contributed by atoms with E-state index in [2.05, 4.69) is 29.6 Å². The Morgan fingerprint density at radius 3 is 2.80 bits per heavy atom. The van der Waals surface area contributed by atoms with Crippen LogP contribution in [0.15, 0.2) is 24.3 Å². The quantitative estimate of drug-likeness (QED) is 0.880. The fourth-order valence-electron chi connectivity index (χ4n) is 4.61. The summed E-state index contributed by atoms with van der Waals surface area (Å²) >= 11 is 0. The second-order valence-corrected chi connectivity index (χ2v) is 6.78. The molecule has 2 saturated carbocycles. The summed E-state index contributed by atoms with van der Waals surface area (Å²) in [5.74, 6) is 1.92. The Morgan fingerprint density at radius 2 is 2.05 bits per heavy atom. The zero-order valence-corrected chi connectivity index (χ0v) is 11.7. The van der Waals surface area contributed by atoms with Gasteiger partial charge in [-0.3, -0.25) is 4.79 Å². The van der Waals surface area contributed by atoms with E-state index >= 15 is 0 Å². The van der Waals surface area contributed by atoms with Crippen molar-refractivity contribution in [2.45, 2.75) is 37.6 Å². The lowest BCUT2D eigenvalue weighted by atomic mass is 9.77. The Bertz CT molecular complexity index is 540. The number of hydrogen-bond acceptors (Lipinski definition) is 2. The topological polar surface area (TPSA) is 55.1 Å².